The van der Waals surface area contributed by atoms with Crippen LogP contribution in [0.15, 0.2) is 22.5 Å². The Hall–Kier alpha value is -1.17. The Bertz CT molecular complexity index is 987. The van der Waals surface area contributed by atoms with E-state index in [0.29, 0.717) is 5.92 Å². The summed E-state index contributed by atoms with van der Waals surface area (Å²) < 4.78 is 1.16. The molecule has 3 aromatic heterocycles. The molecule has 1 aliphatic rings. The van der Waals surface area contributed by atoms with Gasteiger partial charge in [-0.05, 0) is 43.2 Å². The van der Waals surface area contributed by atoms with Gasteiger partial charge in [0.25, 0.3) is 0 Å². The summed E-state index contributed by atoms with van der Waals surface area (Å²) in [5.41, 5.74) is 5.29. The van der Waals surface area contributed by atoms with Crippen molar-refractivity contribution in [2.24, 2.45) is 0 Å². The normalized spacial score (nSPS) is 14.8. The average molecular weight is 390 g/mol. The van der Waals surface area contributed by atoms with Crippen molar-refractivity contribution in [3.8, 4) is 0 Å². The van der Waals surface area contributed by atoms with Crippen LogP contribution in [0.3, 0.4) is 0 Å². The number of aromatic nitrogens is 3. The quantitative estimate of drug-likeness (QED) is 0.400. The molecule has 0 unspecified atom stereocenters. The van der Waals surface area contributed by atoms with E-state index in [9.17, 15) is 0 Å². The predicted octanol–water partition coefficient (Wildman–Crippen LogP) is 6.09. The van der Waals surface area contributed by atoms with Crippen LogP contribution in [0.1, 0.15) is 49.9 Å². The number of aryl methyl sites for hydroxylation is 1. The second kappa shape index (κ2) is 6.86. The summed E-state index contributed by atoms with van der Waals surface area (Å²) in [4.78, 5) is 15.3. The van der Waals surface area contributed by atoms with Crippen LogP contribution in [0.25, 0.3) is 20.4 Å². The largest absolute Gasteiger partial charge is 0.241 e. The highest BCUT2D eigenvalue weighted by atomic mass is 35.5. The van der Waals surface area contributed by atoms with E-state index in [-0.39, 0.29) is 0 Å². The Morgan fingerprint density at radius 1 is 1.32 bits per heavy atom. The molecule has 1 aliphatic carbocycles. The number of thioether (sulfide) groups is 1. The fourth-order valence-electron chi connectivity index (χ4n) is 3.52. The first-order valence-corrected chi connectivity index (χ1v) is 10.8. The summed E-state index contributed by atoms with van der Waals surface area (Å²) in [5, 5.41) is 3.11. The molecule has 0 amide bonds. The highest BCUT2D eigenvalue weighted by Crippen LogP contribution is 2.42. The highest BCUT2D eigenvalue weighted by Gasteiger charge is 2.25. The van der Waals surface area contributed by atoms with Crippen LogP contribution >= 0.6 is 34.7 Å². The zero-order chi connectivity index (χ0) is 17.6. The van der Waals surface area contributed by atoms with Crippen LogP contribution < -0.4 is 0 Å². The third-order valence-electron chi connectivity index (χ3n) is 4.60. The van der Waals surface area contributed by atoms with Crippen molar-refractivity contribution in [2.45, 2.75) is 51.0 Å². The van der Waals surface area contributed by atoms with Crippen LogP contribution in [0.5, 0.6) is 0 Å². The van der Waals surface area contributed by atoms with Crippen LogP contribution in [-0.2, 0) is 12.8 Å². The van der Waals surface area contributed by atoms with Gasteiger partial charge in [0.05, 0.1) is 10.2 Å². The smallest absolute Gasteiger partial charge is 0.126 e. The van der Waals surface area contributed by atoms with Crippen molar-refractivity contribution in [2.75, 3.05) is 5.75 Å². The van der Waals surface area contributed by atoms with Crippen molar-refractivity contribution >= 4 is 55.1 Å². The lowest BCUT2D eigenvalue weighted by molar-refractivity contribution is 0.805. The van der Waals surface area contributed by atoms with Gasteiger partial charge in [0, 0.05) is 21.9 Å². The van der Waals surface area contributed by atoms with Gasteiger partial charge in [-0.25, -0.2) is 15.0 Å². The number of pyridine rings is 1. The molecule has 0 bridgehead atoms. The lowest BCUT2D eigenvalue weighted by Crippen LogP contribution is -2.00. The minimum absolute atomic E-state index is 0.457. The molecule has 0 saturated carbocycles. The Morgan fingerprint density at radius 2 is 2.12 bits per heavy atom. The number of hydrogen-bond acceptors (Lipinski definition) is 5. The molecule has 25 heavy (non-hydrogen) atoms. The summed E-state index contributed by atoms with van der Waals surface area (Å²) in [6, 6.07) is 0. The maximum absolute atomic E-state index is 5.95. The minimum Gasteiger partial charge on any atom is -0.241 e. The number of allylic oxidation sites excluding steroid dienone is 1. The Morgan fingerprint density at radius 3 is 2.88 bits per heavy atom. The standard InChI is InChI=1S/C19H20ClN3S2/c1-10(2)15-13-6-4-5-12(13)14-16-17(25-18(14)23-15)19(22-9-21-16)24-8-7-11(3)20/h7,9-10H,4-6,8H2,1-3H3/b11-7+. The molecule has 6 heteroatoms. The molecule has 0 aromatic carbocycles. The molecular weight excluding hydrogens is 370 g/mol. The Kier molecular flexibility index (Phi) is 4.73. The summed E-state index contributed by atoms with van der Waals surface area (Å²) in [6.07, 6.45) is 7.21. The number of thiophene rings is 1. The van der Waals surface area contributed by atoms with Crippen LogP contribution in [-0.4, -0.2) is 20.7 Å². The van der Waals surface area contributed by atoms with E-state index >= 15 is 0 Å². The first-order valence-electron chi connectivity index (χ1n) is 8.60. The van der Waals surface area contributed by atoms with Gasteiger partial charge in [0.15, 0.2) is 0 Å². The van der Waals surface area contributed by atoms with Gasteiger partial charge in [-0.3, -0.25) is 0 Å². The van der Waals surface area contributed by atoms with Crippen molar-refractivity contribution in [3.63, 3.8) is 0 Å². The first-order chi connectivity index (χ1) is 12.1. The molecule has 0 atom stereocenters. The Labute approximate surface area is 160 Å². The number of fused-ring (bicyclic) bond motifs is 5. The fourth-order valence-corrected chi connectivity index (χ4v) is 5.88. The molecule has 0 fully saturated rings. The SMILES string of the molecule is C/C(Cl)=C\CSc1ncnc2c1sc1nc(C(C)C)c3c(c12)CCC3. The first kappa shape index (κ1) is 17.3. The monoisotopic (exact) mass is 389 g/mol. The van der Waals surface area contributed by atoms with E-state index in [2.05, 4.69) is 23.8 Å². The van der Waals surface area contributed by atoms with Gasteiger partial charge >= 0.3 is 0 Å². The lowest BCUT2D eigenvalue weighted by atomic mass is 9.99. The zero-order valence-corrected chi connectivity index (χ0v) is 17.0. The molecule has 0 aliphatic heterocycles. The Balaban J connectivity index is 1.92. The van der Waals surface area contributed by atoms with Crippen molar-refractivity contribution in [3.05, 3.63) is 34.3 Å². The molecule has 0 spiro atoms. The molecule has 3 nitrogen and oxygen atoms in total. The molecule has 130 valence electrons. The lowest BCUT2D eigenvalue weighted by Gasteiger charge is -2.11. The third-order valence-corrected chi connectivity index (χ3v) is 6.88. The third kappa shape index (κ3) is 3.07. The number of rotatable bonds is 4. The van der Waals surface area contributed by atoms with E-state index < -0.39 is 0 Å². The van der Waals surface area contributed by atoms with Crippen molar-refractivity contribution in [1.82, 2.24) is 15.0 Å². The topological polar surface area (TPSA) is 38.7 Å². The van der Waals surface area contributed by atoms with Crippen LogP contribution in [0.4, 0.5) is 0 Å². The summed E-state index contributed by atoms with van der Waals surface area (Å²) >= 11 is 9.39. The molecule has 3 heterocycles. The average Bonchev–Trinajstić information content (AvgIpc) is 3.17. The molecule has 0 saturated heterocycles. The van der Waals surface area contributed by atoms with Gasteiger partial charge in [0.2, 0.25) is 0 Å². The summed E-state index contributed by atoms with van der Waals surface area (Å²) in [5.74, 6) is 1.27. The molecule has 0 radical (unpaired) electrons. The van der Waals surface area contributed by atoms with Gasteiger partial charge in [0.1, 0.15) is 16.2 Å². The molecule has 3 aromatic rings. The second-order valence-corrected chi connectivity index (χ2v) is 9.31. The van der Waals surface area contributed by atoms with Gasteiger partial charge in [-0.2, -0.15) is 0 Å². The zero-order valence-electron chi connectivity index (χ0n) is 14.6. The van der Waals surface area contributed by atoms with Crippen molar-refractivity contribution < 1.29 is 0 Å². The highest BCUT2D eigenvalue weighted by molar-refractivity contribution is 7.99. The maximum atomic E-state index is 5.95. The van der Waals surface area contributed by atoms with Gasteiger partial charge < -0.3 is 0 Å². The maximum Gasteiger partial charge on any atom is 0.126 e. The number of halogens is 1. The van der Waals surface area contributed by atoms with Crippen molar-refractivity contribution in [1.29, 1.82) is 0 Å². The molecule has 4 rings (SSSR count). The second-order valence-electron chi connectivity index (χ2n) is 6.70. The minimum atomic E-state index is 0.457. The number of nitrogens with zero attached hydrogens (tertiary/aromatic N) is 3. The molecular formula is C19H20ClN3S2. The van der Waals surface area contributed by atoms with Gasteiger partial charge in [-0.15, -0.1) is 23.1 Å². The van der Waals surface area contributed by atoms with Gasteiger partial charge in [-0.1, -0.05) is 31.5 Å². The summed E-state index contributed by atoms with van der Waals surface area (Å²) in [6.45, 7) is 6.38. The predicted molar refractivity (Wildman–Crippen MR) is 109 cm³/mol. The molecule has 0 N–H and O–H groups in total. The fraction of sp³-hybridized carbons (Fsp3) is 0.421. The number of hydrogen-bond donors (Lipinski definition) is 0. The van der Waals surface area contributed by atoms with E-state index in [4.69, 9.17) is 16.6 Å². The van der Waals surface area contributed by atoms with Crippen LogP contribution in [0, 0.1) is 0 Å². The van der Waals surface area contributed by atoms with Crippen LogP contribution in [0.2, 0.25) is 0 Å². The van der Waals surface area contributed by atoms with E-state index in [1.807, 2.05) is 13.0 Å². The van der Waals surface area contributed by atoms with E-state index in [1.165, 1.54) is 28.6 Å². The van der Waals surface area contributed by atoms with E-state index in [1.54, 1.807) is 29.4 Å². The van der Waals surface area contributed by atoms with E-state index in [0.717, 1.165) is 43.7 Å². The summed E-state index contributed by atoms with van der Waals surface area (Å²) in [7, 11) is 0.